The predicted octanol–water partition coefficient (Wildman–Crippen LogP) is 3.63. The summed E-state index contributed by atoms with van der Waals surface area (Å²) in [6, 6.07) is 2.07. The van der Waals surface area contributed by atoms with Gasteiger partial charge >= 0.3 is 0 Å². The van der Waals surface area contributed by atoms with Gasteiger partial charge in [0.25, 0.3) is 0 Å². The van der Waals surface area contributed by atoms with Crippen molar-refractivity contribution in [2.24, 2.45) is 0 Å². The standard InChI is InChI=1S/C15H19N5S/c1-9-12-5-10(6-17-13(12)20-19-9)16-7-11-8-21-14(18-11)15(2,3)4/h5-6,8,16H,7H2,1-4H3,(H,17,19,20). The predicted molar refractivity (Wildman–Crippen MR) is 86.8 cm³/mol. The Bertz CT molecular complexity index is 766. The van der Waals surface area contributed by atoms with Crippen LogP contribution >= 0.6 is 11.3 Å². The Morgan fingerprint density at radius 1 is 1.33 bits per heavy atom. The number of hydrogen-bond acceptors (Lipinski definition) is 5. The smallest absolute Gasteiger partial charge is 0.181 e. The van der Waals surface area contributed by atoms with E-state index in [4.69, 9.17) is 0 Å². The molecule has 0 unspecified atom stereocenters. The zero-order valence-corrected chi connectivity index (χ0v) is 13.5. The lowest BCUT2D eigenvalue weighted by Gasteiger charge is -2.13. The number of anilines is 1. The number of thiazole rings is 1. The minimum absolute atomic E-state index is 0.108. The van der Waals surface area contributed by atoms with Gasteiger partial charge in [-0.15, -0.1) is 11.3 Å². The average molecular weight is 301 g/mol. The highest BCUT2D eigenvalue weighted by atomic mass is 32.1. The van der Waals surface area contributed by atoms with Crippen molar-refractivity contribution in [2.75, 3.05) is 5.32 Å². The zero-order chi connectivity index (χ0) is 15.0. The lowest BCUT2D eigenvalue weighted by atomic mass is 9.98. The summed E-state index contributed by atoms with van der Waals surface area (Å²) in [5.74, 6) is 0. The summed E-state index contributed by atoms with van der Waals surface area (Å²) in [6.45, 7) is 9.25. The summed E-state index contributed by atoms with van der Waals surface area (Å²) in [4.78, 5) is 9.02. The Hall–Kier alpha value is -1.95. The number of hydrogen-bond donors (Lipinski definition) is 2. The highest BCUT2D eigenvalue weighted by Gasteiger charge is 2.17. The van der Waals surface area contributed by atoms with Crippen molar-refractivity contribution in [3.63, 3.8) is 0 Å². The van der Waals surface area contributed by atoms with Crippen molar-refractivity contribution >= 4 is 28.1 Å². The first-order valence-corrected chi connectivity index (χ1v) is 7.81. The summed E-state index contributed by atoms with van der Waals surface area (Å²) in [5, 5.41) is 14.8. The fraction of sp³-hybridized carbons (Fsp3) is 0.400. The highest BCUT2D eigenvalue weighted by Crippen LogP contribution is 2.26. The number of aromatic amines is 1. The largest absolute Gasteiger partial charge is 0.378 e. The van der Waals surface area contributed by atoms with Gasteiger partial charge in [-0.05, 0) is 13.0 Å². The molecule has 3 aromatic heterocycles. The van der Waals surface area contributed by atoms with Crippen molar-refractivity contribution in [2.45, 2.75) is 39.7 Å². The summed E-state index contributed by atoms with van der Waals surface area (Å²) in [6.07, 6.45) is 1.81. The number of aromatic nitrogens is 4. The van der Waals surface area contributed by atoms with E-state index >= 15 is 0 Å². The van der Waals surface area contributed by atoms with Gasteiger partial charge in [0.05, 0.1) is 29.1 Å². The number of rotatable bonds is 3. The van der Waals surface area contributed by atoms with Crippen LogP contribution in [0.4, 0.5) is 5.69 Å². The van der Waals surface area contributed by atoms with E-state index in [-0.39, 0.29) is 5.41 Å². The van der Waals surface area contributed by atoms with Gasteiger partial charge < -0.3 is 5.32 Å². The number of nitrogens with one attached hydrogen (secondary N) is 2. The molecule has 0 spiro atoms. The summed E-state index contributed by atoms with van der Waals surface area (Å²) in [7, 11) is 0. The average Bonchev–Trinajstić information content (AvgIpc) is 3.04. The van der Waals surface area contributed by atoms with Crippen LogP contribution in [0.1, 0.15) is 37.2 Å². The molecule has 0 radical (unpaired) electrons. The highest BCUT2D eigenvalue weighted by molar-refractivity contribution is 7.09. The van der Waals surface area contributed by atoms with E-state index in [1.54, 1.807) is 17.5 Å². The fourth-order valence-corrected chi connectivity index (χ4v) is 2.95. The number of aryl methyl sites for hydroxylation is 1. The minimum atomic E-state index is 0.108. The second kappa shape index (κ2) is 5.11. The topological polar surface area (TPSA) is 66.5 Å². The van der Waals surface area contributed by atoms with Gasteiger partial charge in [0.1, 0.15) is 0 Å². The van der Waals surface area contributed by atoms with Crippen molar-refractivity contribution in [3.8, 4) is 0 Å². The first-order chi connectivity index (χ1) is 9.93. The number of pyridine rings is 1. The normalized spacial score (nSPS) is 12.0. The van der Waals surface area contributed by atoms with Crippen LogP contribution in [0.3, 0.4) is 0 Å². The molecule has 110 valence electrons. The lowest BCUT2D eigenvalue weighted by Crippen LogP contribution is -2.11. The van der Waals surface area contributed by atoms with Crippen molar-refractivity contribution in [3.05, 3.63) is 34.0 Å². The van der Waals surface area contributed by atoms with E-state index < -0.39 is 0 Å². The van der Waals surface area contributed by atoms with Crippen LogP contribution in [0.2, 0.25) is 0 Å². The molecule has 0 saturated heterocycles. The van der Waals surface area contributed by atoms with Crippen LogP contribution in [0, 0.1) is 6.92 Å². The molecular formula is C15H19N5S. The molecule has 3 aromatic rings. The Labute approximate surface area is 127 Å². The molecule has 5 nitrogen and oxygen atoms in total. The molecule has 0 fully saturated rings. The molecule has 6 heteroatoms. The lowest BCUT2D eigenvalue weighted by molar-refractivity contribution is 0.583. The van der Waals surface area contributed by atoms with Crippen LogP contribution in [0.25, 0.3) is 11.0 Å². The van der Waals surface area contributed by atoms with Crippen molar-refractivity contribution < 1.29 is 0 Å². The van der Waals surface area contributed by atoms with Gasteiger partial charge in [-0.2, -0.15) is 5.10 Å². The van der Waals surface area contributed by atoms with Gasteiger partial charge in [0.2, 0.25) is 0 Å². The van der Waals surface area contributed by atoms with Gasteiger partial charge in [-0.3, -0.25) is 5.10 Å². The molecule has 0 saturated carbocycles. The Kier molecular flexibility index (Phi) is 3.41. The van der Waals surface area contributed by atoms with E-state index in [2.05, 4.69) is 57.7 Å². The molecule has 0 bridgehead atoms. The van der Waals surface area contributed by atoms with E-state index in [0.717, 1.165) is 28.1 Å². The Morgan fingerprint density at radius 2 is 2.14 bits per heavy atom. The Morgan fingerprint density at radius 3 is 2.86 bits per heavy atom. The molecule has 0 aliphatic carbocycles. The fourth-order valence-electron chi connectivity index (χ4n) is 2.04. The molecule has 2 N–H and O–H groups in total. The maximum Gasteiger partial charge on any atom is 0.181 e. The molecule has 3 rings (SSSR count). The van der Waals surface area contributed by atoms with Crippen molar-refractivity contribution in [1.29, 1.82) is 0 Å². The third kappa shape index (κ3) is 2.90. The summed E-state index contributed by atoms with van der Waals surface area (Å²) >= 11 is 1.72. The molecule has 0 aliphatic heterocycles. The summed E-state index contributed by atoms with van der Waals surface area (Å²) in [5.41, 5.74) is 3.94. The SMILES string of the molecule is Cc1[nH]nc2ncc(NCc3csc(C(C)(C)C)n3)cc12. The Balaban J connectivity index is 1.74. The maximum atomic E-state index is 4.68. The van der Waals surface area contributed by atoms with Gasteiger partial charge in [0.15, 0.2) is 5.65 Å². The van der Waals surface area contributed by atoms with Crippen LogP contribution in [0.5, 0.6) is 0 Å². The third-order valence-corrected chi connectivity index (χ3v) is 4.58. The number of fused-ring (bicyclic) bond motifs is 1. The maximum absolute atomic E-state index is 4.68. The molecule has 0 atom stereocenters. The molecule has 0 aromatic carbocycles. The quantitative estimate of drug-likeness (QED) is 0.775. The van der Waals surface area contributed by atoms with Crippen LogP contribution < -0.4 is 5.32 Å². The second-order valence-corrected chi connectivity index (χ2v) is 7.05. The molecule has 0 aliphatic rings. The van der Waals surface area contributed by atoms with Gasteiger partial charge in [-0.1, -0.05) is 20.8 Å². The monoisotopic (exact) mass is 301 g/mol. The molecule has 3 heterocycles. The van der Waals surface area contributed by atoms with E-state index in [1.165, 1.54) is 5.01 Å². The summed E-state index contributed by atoms with van der Waals surface area (Å²) < 4.78 is 0. The minimum Gasteiger partial charge on any atom is -0.378 e. The third-order valence-electron chi connectivity index (χ3n) is 3.27. The van der Waals surface area contributed by atoms with E-state index in [0.29, 0.717) is 6.54 Å². The molecular weight excluding hydrogens is 282 g/mol. The van der Waals surface area contributed by atoms with Crippen molar-refractivity contribution in [1.82, 2.24) is 20.2 Å². The van der Waals surface area contributed by atoms with Crippen LogP contribution in [-0.4, -0.2) is 20.2 Å². The number of nitrogens with zero attached hydrogens (tertiary/aromatic N) is 3. The van der Waals surface area contributed by atoms with Gasteiger partial charge in [-0.25, -0.2) is 9.97 Å². The van der Waals surface area contributed by atoms with Gasteiger partial charge in [0, 0.05) is 21.9 Å². The van der Waals surface area contributed by atoms with E-state index in [1.807, 2.05) is 6.92 Å². The first-order valence-electron chi connectivity index (χ1n) is 6.93. The molecule has 0 amide bonds. The van der Waals surface area contributed by atoms with E-state index in [9.17, 15) is 0 Å². The van der Waals surface area contributed by atoms with Crippen LogP contribution in [0.15, 0.2) is 17.6 Å². The second-order valence-electron chi connectivity index (χ2n) is 6.19. The molecule has 21 heavy (non-hydrogen) atoms. The number of H-pyrrole nitrogens is 1. The zero-order valence-electron chi connectivity index (χ0n) is 12.7. The van der Waals surface area contributed by atoms with Crippen LogP contribution in [-0.2, 0) is 12.0 Å². The first kappa shape index (κ1) is 14.0.